The van der Waals surface area contributed by atoms with E-state index in [0.29, 0.717) is 17.9 Å². The van der Waals surface area contributed by atoms with E-state index in [0.717, 1.165) is 25.7 Å². The Balaban J connectivity index is 0.000000243. The first kappa shape index (κ1) is 19.7. The number of hydrogen-bond acceptors (Lipinski definition) is 5. The molecule has 0 aliphatic rings. The Hall–Kier alpha value is -2.38. The van der Waals surface area contributed by atoms with Crippen LogP contribution in [0.15, 0.2) is 25.0 Å². The fraction of sp³-hybridized carbons (Fsp3) is 0.625. The second kappa shape index (κ2) is 9.69. The molecule has 0 amide bonds. The quantitative estimate of drug-likeness (QED) is 0.608. The van der Waals surface area contributed by atoms with Crippen molar-refractivity contribution in [1.82, 2.24) is 19.1 Å². The third-order valence-corrected chi connectivity index (χ3v) is 4.12. The summed E-state index contributed by atoms with van der Waals surface area (Å²) in [6, 6.07) is 0.876. The molecule has 134 valence electrons. The number of nitrogens with zero attached hydrogens (tertiary/aromatic N) is 5. The van der Waals surface area contributed by atoms with Crippen molar-refractivity contribution >= 4 is 11.6 Å². The van der Waals surface area contributed by atoms with Gasteiger partial charge in [0, 0.05) is 18.3 Å². The molecule has 2 N–H and O–H groups in total. The highest BCUT2D eigenvalue weighted by Crippen LogP contribution is 2.18. The molecule has 2 aromatic heterocycles. The molecular formula is C16H28N6O2. The van der Waals surface area contributed by atoms with Gasteiger partial charge in [-0.2, -0.15) is 0 Å². The topological polar surface area (TPSA) is 105 Å². The lowest BCUT2D eigenvalue weighted by Crippen LogP contribution is -2.03. The fourth-order valence-corrected chi connectivity index (χ4v) is 2.59. The molecule has 2 aromatic rings. The predicted molar refractivity (Wildman–Crippen MR) is 94.8 cm³/mol. The van der Waals surface area contributed by atoms with Crippen molar-refractivity contribution in [2.45, 2.75) is 65.5 Å². The molecule has 0 atom stereocenters. The zero-order chi connectivity index (χ0) is 18.1. The third kappa shape index (κ3) is 5.36. The lowest BCUT2D eigenvalue weighted by molar-refractivity contribution is -0.389. The van der Waals surface area contributed by atoms with Crippen molar-refractivity contribution in [2.24, 2.45) is 0 Å². The summed E-state index contributed by atoms with van der Waals surface area (Å²) in [4.78, 5) is 17.5. The summed E-state index contributed by atoms with van der Waals surface area (Å²) >= 11 is 0. The minimum Gasteiger partial charge on any atom is -0.382 e. The van der Waals surface area contributed by atoms with Crippen LogP contribution in [-0.2, 0) is 0 Å². The van der Waals surface area contributed by atoms with Gasteiger partial charge in [0.1, 0.15) is 12.0 Å². The first-order chi connectivity index (χ1) is 11.5. The van der Waals surface area contributed by atoms with E-state index in [1.165, 1.54) is 12.5 Å². The number of nitrogens with two attached hydrogens (primary N) is 1. The fourth-order valence-electron chi connectivity index (χ4n) is 2.59. The largest absolute Gasteiger partial charge is 0.382 e. The van der Waals surface area contributed by atoms with E-state index in [1.54, 1.807) is 10.9 Å². The molecular weight excluding hydrogens is 308 g/mol. The number of aromatic nitrogens is 4. The number of nitrogen functional groups attached to an aromatic ring is 1. The van der Waals surface area contributed by atoms with Crippen LogP contribution in [0.1, 0.15) is 65.5 Å². The van der Waals surface area contributed by atoms with Crippen LogP contribution in [0.25, 0.3) is 0 Å². The lowest BCUT2D eigenvalue weighted by Gasteiger charge is -2.12. The van der Waals surface area contributed by atoms with Crippen LogP contribution in [0.3, 0.4) is 0 Å². The molecule has 0 saturated heterocycles. The van der Waals surface area contributed by atoms with Crippen molar-refractivity contribution in [3.05, 3.63) is 35.2 Å². The van der Waals surface area contributed by atoms with Crippen molar-refractivity contribution in [3.8, 4) is 0 Å². The molecule has 2 heterocycles. The number of imidazole rings is 2. The molecule has 24 heavy (non-hydrogen) atoms. The highest BCUT2D eigenvalue weighted by molar-refractivity contribution is 5.22. The van der Waals surface area contributed by atoms with Gasteiger partial charge >= 0.3 is 5.82 Å². The Kier molecular flexibility index (Phi) is 7.94. The van der Waals surface area contributed by atoms with Gasteiger partial charge in [0.15, 0.2) is 0 Å². The van der Waals surface area contributed by atoms with Gasteiger partial charge in [0.25, 0.3) is 0 Å². The molecule has 0 aliphatic carbocycles. The summed E-state index contributed by atoms with van der Waals surface area (Å²) in [7, 11) is 0. The molecule has 2 rings (SSSR count). The summed E-state index contributed by atoms with van der Waals surface area (Å²) in [5, 5.41) is 10.3. The average molecular weight is 336 g/mol. The van der Waals surface area contributed by atoms with Gasteiger partial charge < -0.3 is 25.0 Å². The van der Waals surface area contributed by atoms with Crippen LogP contribution in [0.5, 0.6) is 0 Å². The number of rotatable bonds is 7. The molecule has 0 fully saturated rings. The van der Waals surface area contributed by atoms with E-state index in [2.05, 4.69) is 42.2 Å². The second-order valence-electron chi connectivity index (χ2n) is 5.62. The van der Waals surface area contributed by atoms with Crippen molar-refractivity contribution < 1.29 is 4.92 Å². The molecule has 0 aromatic carbocycles. The maximum atomic E-state index is 10.3. The Bertz CT molecular complexity index is 614. The average Bonchev–Trinajstić information content (AvgIpc) is 3.20. The standard InChI is InChI=1S/C8H13N3O2.C8H15N3/c1-3-7(4-2)10-5-8(9-6-10)11(12)13;1-3-7(4-2)11-5-8(9)10-6-11/h5-7H,3-4H2,1-2H3;5-7H,3-4,9H2,1-2H3. The van der Waals surface area contributed by atoms with Crippen molar-refractivity contribution in [1.29, 1.82) is 0 Å². The zero-order valence-electron chi connectivity index (χ0n) is 14.9. The van der Waals surface area contributed by atoms with E-state index in [-0.39, 0.29) is 5.82 Å². The molecule has 0 saturated carbocycles. The first-order valence-electron chi connectivity index (χ1n) is 8.43. The number of hydrogen-bond donors (Lipinski definition) is 1. The molecule has 8 nitrogen and oxygen atoms in total. The first-order valence-corrected chi connectivity index (χ1v) is 8.43. The van der Waals surface area contributed by atoms with E-state index in [1.807, 2.05) is 6.20 Å². The highest BCUT2D eigenvalue weighted by atomic mass is 16.6. The van der Waals surface area contributed by atoms with Gasteiger partial charge in [-0.3, -0.25) is 0 Å². The van der Waals surface area contributed by atoms with E-state index in [4.69, 9.17) is 5.73 Å². The zero-order valence-corrected chi connectivity index (χ0v) is 14.9. The lowest BCUT2D eigenvalue weighted by atomic mass is 10.2. The van der Waals surface area contributed by atoms with E-state index < -0.39 is 4.92 Å². The second-order valence-corrected chi connectivity index (χ2v) is 5.62. The van der Waals surface area contributed by atoms with Crippen LogP contribution >= 0.6 is 0 Å². The van der Waals surface area contributed by atoms with Gasteiger partial charge in [0.2, 0.25) is 6.33 Å². The van der Waals surface area contributed by atoms with Crippen LogP contribution in [-0.4, -0.2) is 24.0 Å². The van der Waals surface area contributed by atoms with Gasteiger partial charge in [0.05, 0.1) is 6.33 Å². The van der Waals surface area contributed by atoms with Gasteiger partial charge in [-0.05, 0) is 35.6 Å². The molecule has 0 bridgehead atoms. The third-order valence-electron chi connectivity index (χ3n) is 4.12. The predicted octanol–water partition coefficient (Wildman–Crippen LogP) is 3.98. The molecule has 0 unspecified atom stereocenters. The van der Waals surface area contributed by atoms with Crippen molar-refractivity contribution in [2.75, 3.05) is 5.73 Å². The van der Waals surface area contributed by atoms with E-state index in [9.17, 15) is 10.1 Å². The summed E-state index contributed by atoms with van der Waals surface area (Å²) in [6.07, 6.45) is 10.9. The molecule has 0 radical (unpaired) electrons. The molecule has 0 aliphatic heterocycles. The maximum absolute atomic E-state index is 10.3. The summed E-state index contributed by atoms with van der Waals surface area (Å²) < 4.78 is 3.88. The monoisotopic (exact) mass is 336 g/mol. The summed E-state index contributed by atoms with van der Waals surface area (Å²) in [5.74, 6) is 0.531. The number of nitro groups is 1. The Morgan fingerprint density at radius 3 is 1.79 bits per heavy atom. The van der Waals surface area contributed by atoms with Gasteiger partial charge in [-0.1, -0.05) is 27.7 Å². The maximum Gasteiger partial charge on any atom is 0.381 e. The normalized spacial score (nSPS) is 10.8. The van der Waals surface area contributed by atoms with Crippen LogP contribution in [0.4, 0.5) is 11.6 Å². The smallest absolute Gasteiger partial charge is 0.381 e. The van der Waals surface area contributed by atoms with Crippen LogP contribution < -0.4 is 5.73 Å². The molecule has 8 heteroatoms. The summed E-state index contributed by atoms with van der Waals surface area (Å²) in [5.41, 5.74) is 5.49. The van der Waals surface area contributed by atoms with Crippen molar-refractivity contribution in [3.63, 3.8) is 0 Å². The SMILES string of the molecule is CCC(CC)n1cnc(N)c1.CCC(CC)n1cnc([N+](=O)[O-])c1. The van der Waals surface area contributed by atoms with Crippen LogP contribution in [0, 0.1) is 10.1 Å². The Morgan fingerprint density at radius 2 is 1.46 bits per heavy atom. The minimum absolute atomic E-state index is 0.0769. The van der Waals surface area contributed by atoms with Gasteiger partial charge in [-0.15, -0.1) is 0 Å². The van der Waals surface area contributed by atoms with Gasteiger partial charge in [-0.25, -0.2) is 4.98 Å². The number of anilines is 1. The van der Waals surface area contributed by atoms with Crippen LogP contribution in [0.2, 0.25) is 0 Å². The van der Waals surface area contributed by atoms with E-state index >= 15 is 0 Å². The highest BCUT2D eigenvalue weighted by Gasteiger charge is 2.13. The molecule has 0 spiro atoms. The summed E-state index contributed by atoms with van der Waals surface area (Å²) in [6.45, 7) is 8.45. The minimum atomic E-state index is -0.473. The Morgan fingerprint density at radius 1 is 1.00 bits per heavy atom. The Labute approximate surface area is 142 Å².